The van der Waals surface area contributed by atoms with Crippen molar-refractivity contribution in [2.45, 2.75) is 38.6 Å². The molecule has 16 heavy (non-hydrogen) atoms. The van der Waals surface area contributed by atoms with Gasteiger partial charge in [-0.2, -0.15) is 5.10 Å². The summed E-state index contributed by atoms with van der Waals surface area (Å²) in [5.74, 6) is 0.861. The van der Waals surface area contributed by atoms with Gasteiger partial charge in [-0.05, 0) is 38.5 Å². The molecule has 0 aliphatic heterocycles. The lowest BCUT2D eigenvalue weighted by Crippen LogP contribution is -2.21. The van der Waals surface area contributed by atoms with Crippen molar-refractivity contribution in [1.82, 2.24) is 9.78 Å². The van der Waals surface area contributed by atoms with Gasteiger partial charge in [-0.1, -0.05) is 6.08 Å². The zero-order valence-electron chi connectivity index (χ0n) is 10.2. The van der Waals surface area contributed by atoms with Crippen LogP contribution in [0.4, 0.5) is 5.69 Å². The van der Waals surface area contributed by atoms with E-state index in [2.05, 4.69) is 23.9 Å². The van der Waals surface area contributed by atoms with E-state index in [0.29, 0.717) is 6.04 Å². The minimum Gasteiger partial charge on any atom is -0.379 e. The van der Waals surface area contributed by atoms with Crippen LogP contribution < -0.4 is 5.32 Å². The molecule has 88 valence electrons. The predicted octanol–water partition coefficient (Wildman–Crippen LogP) is 2.89. The van der Waals surface area contributed by atoms with Gasteiger partial charge in [-0.25, -0.2) is 0 Å². The Kier molecular flexibility index (Phi) is 3.32. The zero-order valence-corrected chi connectivity index (χ0v) is 10.2. The summed E-state index contributed by atoms with van der Waals surface area (Å²) in [7, 11) is 1.98. The van der Waals surface area contributed by atoms with Crippen molar-refractivity contribution >= 4 is 5.69 Å². The molecule has 1 saturated carbocycles. The average molecular weight is 219 g/mol. The highest BCUT2D eigenvalue weighted by atomic mass is 15.3. The van der Waals surface area contributed by atoms with Crippen molar-refractivity contribution in [3.63, 3.8) is 0 Å². The molecular formula is C13H21N3. The fourth-order valence-corrected chi connectivity index (χ4v) is 2.06. The monoisotopic (exact) mass is 219 g/mol. The van der Waals surface area contributed by atoms with E-state index < -0.39 is 0 Å². The largest absolute Gasteiger partial charge is 0.379 e. The first kappa shape index (κ1) is 11.2. The fourth-order valence-electron chi connectivity index (χ4n) is 2.06. The van der Waals surface area contributed by atoms with Gasteiger partial charge >= 0.3 is 0 Å². The topological polar surface area (TPSA) is 29.9 Å². The SMILES string of the molecule is C=CCCC(Nc1cnn(C)c1C)C1CC1. The first-order chi connectivity index (χ1) is 7.72. The molecule has 0 spiro atoms. The minimum atomic E-state index is 0.598. The molecule has 0 radical (unpaired) electrons. The van der Waals surface area contributed by atoms with Gasteiger partial charge in [0.2, 0.25) is 0 Å². The van der Waals surface area contributed by atoms with Crippen molar-refractivity contribution in [2.24, 2.45) is 13.0 Å². The van der Waals surface area contributed by atoms with E-state index in [1.807, 2.05) is 24.0 Å². The van der Waals surface area contributed by atoms with Gasteiger partial charge in [0.15, 0.2) is 0 Å². The Morgan fingerprint density at radius 2 is 2.44 bits per heavy atom. The molecule has 0 bridgehead atoms. The predicted molar refractivity (Wildman–Crippen MR) is 67.5 cm³/mol. The van der Waals surface area contributed by atoms with Gasteiger partial charge in [-0.3, -0.25) is 4.68 Å². The van der Waals surface area contributed by atoms with Gasteiger partial charge in [-0.15, -0.1) is 6.58 Å². The second kappa shape index (κ2) is 4.73. The van der Waals surface area contributed by atoms with E-state index in [4.69, 9.17) is 0 Å². The van der Waals surface area contributed by atoms with Crippen LogP contribution in [-0.4, -0.2) is 15.8 Å². The van der Waals surface area contributed by atoms with Crippen LogP contribution in [0, 0.1) is 12.8 Å². The summed E-state index contributed by atoms with van der Waals surface area (Å²) in [6.45, 7) is 5.90. The highest BCUT2D eigenvalue weighted by molar-refractivity contribution is 5.46. The Morgan fingerprint density at radius 3 is 2.94 bits per heavy atom. The Balaban J connectivity index is 1.99. The lowest BCUT2D eigenvalue weighted by molar-refractivity contribution is 0.592. The summed E-state index contributed by atoms with van der Waals surface area (Å²) >= 11 is 0. The molecule has 1 unspecified atom stereocenters. The molecule has 0 aromatic carbocycles. The van der Waals surface area contributed by atoms with Crippen LogP contribution in [0.3, 0.4) is 0 Å². The summed E-state index contributed by atoms with van der Waals surface area (Å²) in [5.41, 5.74) is 2.40. The number of nitrogens with zero attached hydrogens (tertiary/aromatic N) is 2. The average Bonchev–Trinajstić information content (AvgIpc) is 3.06. The lowest BCUT2D eigenvalue weighted by Gasteiger charge is -2.18. The molecule has 1 aromatic rings. The molecule has 1 aliphatic carbocycles. The van der Waals surface area contributed by atoms with Crippen molar-refractivity contribution in [3.8, 4) is 0 Å². The fraction of sp³-hybridized carbons (Fsp3) is 0.615. The molecule has 3 nitrogen and oxygen atoms in total. The molecular weight excluding hydrogens is 198 g/mol. The van der Waals surface area contributed by atoms with E-state index >= 15 is 0 Å². The van der Waals surface area contributed by atoms with Crippen LogP contribution in [0.15, 0.2) is 18.9 Å². The summed E-state index contributed by atoms with van der Waals surface area (Å²) in [6.07, 6.45) is 8.95. The molecule has 3 heteroatoms. The maximum Gasteiger partial charge on any atom is 0.0758 e. The van der Waals surface area contributed by atoms with Crippen LogP contribution in [0.1, 0.15) is 31.4 Å². The third-order valence-corrected chi connectivity index (χ3v) is 3.45. The number of aromatic nitrogens is 2. The quantitative estimate of drug-likeness (QED) is 0.746. The first-order valence-corrected chi connectivity index (χ1v) is 6.08. The molecule has 0 saturated heterocycles. The van der Waals surface area contributed by atoms with Crippen LogP contribution in [0.2, 0.25) is 0 Å². The van der Waals surface area contributed by atoms with E-state index in [1.165, 1.54) is 30.6 Å². The normalized spacial score (nSPS) is 17.1. The Bertz CT molecular complexity index is 363. The maximum atomic E-state index is 4.26. The van der Waals surface area contributed by atoms with Gasteiger partial charge < -0.3 is 5.32 Å². The Morgan fingerprint density at radius 1 is 1.69 bits per heavy atom. The third kappa shape index (κ3) is 2.46. The van der Waals surface area contributed by atoms with Crippen molar-refractivity contribution in [1.29, 1.82) is 0 Å². The van der Waals surface area contributed by atoms with Crippen LogP contribution in [-0.2, 0) is 7.05 Å². The highest BCUT2D eigenvalue weighted by Crippen LogP contribution is 2.36. The second-order valence-electron chi connectivity index (χ2n) is 4.72. The Hall–Kier alpha value is -1.25. The summed E-state index contributed by atoms with van der Waals surface area (Å²) in [5, 5.41) is 7.90. The zero-order chi connectivity index (χ0) is 11.5. The molecule has 1 aromatic heterocycles. The summed E-state index contributed by atoms with van der Waals surface area (Å²) in [4.78, 5) is 0. The van der Waals surface area contributed by atoms with E-state index in [-0.39, 0.29) is 0 Å². The minimum absolute atomic E-state index is 0.598. The Labute approximate surface area is 97.5 Å². The van der Waals surface area contributed by atoms with E-state index in [0.717, 1.165) is 12.3 Å². The molecule has 1 fully saturated rings. The molecule has 1 atom stereocenters. The van der Waals surface area contributed by atoms with Gasteiger partial charge in [0.1, 0.15) is 0 Å². The smallest absolute Gasteiger partial charge is 0.0758 e. The van der Waals surface area contributed by atoms with Crippen LogP contribution in [0.5, 0.6) is 0 Å². The maximum absolute atomic E-state index is 4.26. The number of allylic oxidation sites excluding steroid dienone is 1. The van der Waals surface area contributed by atoms with Crippen molar-refractivity contribution in [3.05, 3.63) is 24.5 Å². The third-order valence-electron chi connectivity index (χ3n) is 3.45. The molecule has 1 aliphatic rings. The number of nitrogens with one attached hydrogen (secondary N) is 1. The molecule has 1 N–H and O–H groups in total. The molecule has 2 rings (SSSR count). The summed E-state index contributed by atoms with van der Waals surface area (Å²) in [6, 6.07) is 0.598. The summed E-state index contributed by atoms with van der Waals surface area (Å²) < 4.78 is 1.92. The molecule has 0 amide bonds. The lowest BCUT2D eigenvalue weighted by atomic mass is 10.1. The number of anilines is 1. The van der Waals surface area contributed by atoms with Gasteiger partial charge in [0, 0.05) is 13.1 Å². The number of aryl methyl sites for hydroxylation is 1. The number of hydrogen-bond acceptors (Lipinski definition) is 2. The van der Waals surface area contributed by atoms with E-state index in [9.17, 15) is 0 Å². The van der Waals surface area contributed by atoms with Gasteiger partial charge in [0.25, 0.3) is 0 Å². The molecule has 1 heterocycles. The van der Waals surface area contributed by atoms with Crippen molar-refractivity contribution < 1.29 is 0 Å². The van der Waals surface area contributed by atoms with Crippen LogP contribution in [0.25, 0.3) is 0 Å². The standard InChI is InChI=1S/C13H21N3/c1-4-5-6-12(11-7-8-11)15-13-9-14-16(3)10(13)2/h4,9,11-12,15H,1,5-8H2,2-3H3. The van der Waals surface area contributed by atoms with Crippen molar-refractivity contribution in [2.75, 3.05) is 5.32 Å². The first-order valence-electron chi connectivity index (χ1n) is 6.08. The van der Waals surface area contributed by atoms with Gasteiger partial charge in [0.05, 0.1) is 17.6 Å². The van der Waals surface area contributed by atoms with E-state index in [1.54, 1.807) is 0 Å². The highest BCUT2D eigenvalue weighted by Gasteiger charge is 2.30. The van der Waals surface area contributed by atoms with Crippen LogP contribution >= 0.6 is 0 Å². The number of hydrogen-bond donors (Lipinski definition) is 1. The second-order valence-corrected chi connectivity index (χ2v) is 4.72. The number of rotatable bonds is 6.